The standard InChI is InChI=1S/C46H62N4O12/c1-22(2)20-50-17-15-46(16-18-50)48-34-31-32-39(55)27(7)42-33(31)43(57)45(9,62-42)60-19-14-30(59-10)24(4)41(61-28(8)52)26(6)38(54)25(5)37(53)23(3)12-11-13-29(21-51)44(58)47-36(40(32)56)35(34)49-46/h11-14,19,22-26,30,37-38,41,51,53-56H,15-18,20-21H2,1-10H3,(H,47,58)/b12-11+,19-14+,29-13-/t23-,24+,25+,26+,30-,37-,38+,41+,45-/m0/s1. The van der Waals surface area contributed by atoms with Crippen LogP contribution in [-0.4, -0.2) is 117 Å². The molecule has 0 aliphatic carbocycles. The summed E-state index contributed by atoms with van der Waals surface area (Å²) in [6.07, 6.45) is 4.36. The lowest BCUT2D eigenvalue weighted by atomic mass is 9.78. The van der Waals surface area contributed by atoms with E-state index in [0.717, 1.165) is 6.54 Å². The topological polar surface area (TPSA) is 229 Å². The van der Waals surface area contributed by atoms with Gasteiger partial charge in [-0.15, -0.1) is 0 Å². The number of hydrogen-bond acceptors (Lipinski definition) is 15. The Morgan fingerprint density at radius 1 is 0.984 bits per heavy atom. The summed E-state index contributed by atoms with van der Waals surface area (Å²) in [6, 6.07) is 0. The van der Waals surface area contributed by atoms with Crippen molar-refractivity contribution in [1.29, 1.82) is 0 Å². The molecule has 0 saturated carbocycles. The van der Waals surface area contributed by atoms with Crippen LogP contribution >= 0.6 is 0 Å². The maximum absolute atomic E-state index is 14.7. The van der Waals surface area contributed by atoms with Gasteiger partial charge in [-0.2, -0.15) is 0 Å². The second-order valence-corrected chi connectivity index (χ2v) is 18.0. The van der Waals surface area contributed by atoms with Crippen molar-refractivity contribution in [3.05, 3.63) is 58.0 Å². The Morgan fingerprint density at radius 2 is 1.65 bits per heavy atom. The highest BCUT2D eigenvalue weighted by Crippen LogP contribution is 2.50. The minimum absolute atomic E-state index is 0.000714. The average molecular weight is 863 g/mol. The summed E-state index contributed by atoms with van der Waals surface area (Å²) in [5, 5.41) is 60.3. The normalized spacial score (nSPS) is 32.3. The minimum Gasteiger partial charge on any atom is -0.507 e. The Labute approximate surface area is 361 Å². The van der Waals surface area contributed by atoms with Gasteiger partial charge in [0.05, 0.1) is 47.5 Å². The molecule has 6 N–H and O–H groups in total. The number of Topliss-reactive ketones (excluding diaryl/α,β-unsaturated/α-hetero) is 1. The van der Waals surface area contributed by atoms with Crippen molar-refractivity contribution in [2.75, 3.05) is 38.7 Å². The number of phenols is 2. The third-order valence-corrected chi connectivity index (χ3v) is 12.9. The van der Waals surface area contributed by atoms with Crippen molar-refractivity contribution in [2.24, 2.45) is 39.6 Å². The molecule has 1 fully saturated rings. The fourth-order valence-electron chi connectivity index (χ4n) is 9.28. The molecule has 338 valence electrons. The lowest BCUT2D eigenvalue weighted by Gasteiger charge is -2.38. The number of carbonyl (C=O) groups is 3. The van der Waals surface area contributed by atoms with Gasteiger partial charge in [-0.25, -0.2) is 0 Å². The number of nitrogens with zero attached hydrogens (tertiary/aromatic N) is 3. The van der Waals surface area contributed by atoms with E-state index in [-0.39, 0.29) is 49.6 Å². The number of allylic oxidation sites excluding steroid dienone is 2. The molecule has 2 aromatic carbocycles. The number of aromatic hydroxyl groups is 2. The zero-order valence-corrected chi connectivity index (χ0v) is 37.3. The number of methoxy groups -OCH3 is 1. The van der Waals surface area contributed by atoms with Crippen LogP contribution in [0.1, 0.15) is 84.2 Å². The van der Waals surface area contributed by atoms with Gasteiger partial charge < -0.3 is 54.7 Å². The zero-order valence-electron chi connectivity index (χ0n) is 37.3. The van der Waals surface area contributed by atoms with Gasteiger partial charge in [-0.1, -0.05) is 59.8 Å². The number of amides is 1. The van der Waals surface area contributed by atoms with Crippen LogP contribution in [0.3, 0.4) is 0 Å². The molecule has 4 aliphatic heterocycles. The Hall–Kier alpha value is -4.87. The van der Waals surface area contributed by atoms with Crippen LogP contribution < -0.4 is 20.8 Å². The molecule has 6 rings (SSSR count). The molecule has 0 radical (unpaired) electrons. The van der Waals surface area contributed by atoms with Crippen LogP contribution in [0.5, 0.6) is 17.2 Å². The van der Waals surface area contributed by atoms with Crippen LogP contribution in [-0.2, 0) is 23.8 Å². The van der Waals surface area contributed by atoms with Crippen LogP contribution in [0.4, 0.5) is 5.69 Å². The van der Waals surface area contributed by atoms with Crippen molar-refractivity contribution in [3.8, 4) is 17.2 Å². The number of phenolic OH excluding ortho intramolecular Hbond substituents is 2. The average Bonchev–Trinajstić information content (AvgIpc) is 3.73. The number of likely N-dealkylation sites (tertiary alicyclic amines) is 1. The first kappa shape index (κ1) is 46.6. The SMILES string of the molecule is CO[C@H]1/C=C/O[C@@]2(C)Oc3c(C)c(O)c4c(O)c(c5c(c4c3C2=O)=NC2(CCN(CC(C)C)CC2)N=5)NC(=O)/C(CO)=C\C=C\[C@H](C)[C@H](O)[C@@H](C)[C@@H](O)[C@@H](C)[C@H](OC(C)=O)[C@@H]1C. The molecule has 1 saturated heterocycles. The number of fused-ring (bicyclic) bond motifs is 1. The number of esters is 1. The number of anilines is 1. The third-order valence-electron chi connectivity index (χ3n) is 12.9. The summed E-state index contributed by atoms with van der Waals surface area (Å²) >= 11 is 0. The molecule has 4 heterocycles. The number of carbonyl (C=O) groups excluding carboxylic acids is 3. The Bertz CT molecular complexity index is 2320. The lowest BCUT2D eigenvalue weighted by Crippen LogP contribution is -2.46. The second-order valence-electron chi connectivity index (χ2n) is 18.0. The molecule has 16 heteroatoms. The van der Waals surface area contributed by atoms with Gasteiger partial charge in [-0.3, -0.25) is 24.4 Å². The number of ether oxygens (including phenoxy) is 4. The number of aliphatic hydroxyl groups is 3. The Kier molecular flexibility index (Phi) is 13.6. The Balaban J connectivity index is 1.55. The van der Waals surface area contributed by atoms with Gasteiger partial charge in [0, 0.05) is 93.6 Å². The van der Waals surface area contributed by atoms with E-state index in [4.69, 9.17) is 28.9 Å². The fourth-order valence-corrected chi connectivity index (χ4v) is 9.28. The van der Waals surface area contributed by atoms with Crippen LogP contribution in [0.25, 0.3) is 10.8 Å². The van der Waals surface area contributed by atoms with Crippen LogP contribution in [0, 0.1) is 36.5 Å². The molecule has 1 spiro atoms. The van der Waals surface area contributed by atoms with Gasteiger partial charge in [0.2, 0.25) is 0 Å². The molecule has 1 amide bonds. The lowest BCUT2D eigenvalue weighted by molar-refractivity contribution is -0.160. The molecule has 9 atom stereocenters. The smallest absolute Gasteiger partial charge is 0.312 e. The van der Waals surface area contributed by atoms with E-state index in [1.54, 1.807) is 33.8 Å². The number of piperidine rings is 1. The molecule has 4 aliphatic rings. The van der Waals surface area contributed by atoms with Crippen LogP contribution in [0.15, 0.2) is 46.1 Å². The summed E-state index contributed by atoms with van der Waals surface area (Å²) in [4.78, 5) is 53.7. The summed E-state index contributed by atoms with van der Waals surface area (Å²) in [5.74, 6) is -7.10. The predicted molar refractivity (Wildman–Crippen MR) is 229 cm³/mol. The molecular weight excluding hydrogens is 801 g/mol. The number of aliphatic hydroxyl groups excluding tert-OH is 3. The highest BCUT2D eigenvalue weighted by Gasteiger charge is 2.50. The number of hydrogen-bond donors (Lipinski definition) is 6. The monoisotopic (exact) mass is 862 g/mol. The van der Waals surface area contributed by atoms with Gasteiger partial charge in [0.15, 0.2) is 11.4 Å². The fraction of sp³-hybridized carbons (Fsp3) is 0.587. The Morgan fingerprint density at radius 3 is 2.26 bits per heavy atom. The van der Waals surface area contributed by atoms with E-state index in [0.29, 0.717) is 31.8 Å². The van der Waals surface area contributed by atoms with Gasteiger partial charge >= 0.3 is 11.8 Å². The van der Waals surface area contributed by atoms with Crippen molar-refractivity contribution < 1.29 is 58.9 Å². The number of benzene rings is 2. The predicted octanol–water partition coefficient (Wildman–Crippen LogP) is 3.72. The summed E-state index contributed by atoms with van der Waals surface area (Å²) in [6.45, 7) is 16.9. The van der Waals surface area contributed by atoms with Crippen molar-refractivity contribution in [2.45, 2.75) is 111 Å². The van der Waals surface area contributed by atoms with Gasteiger partial charge in [0.1, 0.15) is 28.6 Å². The van der Waals surface area contributed by atoms with Gasteiger partial charge in [-0.05, 0) is 18.9 Å². The van der Waals surface area contributed by atoms with Crippen molar-refractivity contribution >= 4 is 34.1 Å². The minimum atomic E-state index is -1.99. The highest BCUT2D eigenvalue weighted by molar-refractivity contribution is 6.19. The van der Waals surface area contributed by atoms with E-state index in [2.05, 4.69) is 24.1 Å². The largest absolute Gasteiger partial charge is 0.507 e. The first-order chi connectivity index (χ1) is 29.2. The molecule has 16 nitrogen and oxygen atoms in total. The van der Waals surface area contributed by atoms with E-state index >= 15 is 0 Å². The second kappa shape index (κ2) is 18.1. The maximum atomic E-state index is 14.7. The number of ketones is 1. The number of rotatable bonds is 5. The first-order valence-corrected chi connectivity index (χ1v) is 21.4. The van der Waals surface area contributed by atoms with Crippen LogP contribution in [0.2, 0.25) is 0 Å². The quantitative estimate of drug-likeness (QED) is 0.186. The first-order valence-electron chi connectivity index (χ1n) is 21.4. The highest BCUT2D eigenvalue weighted by atomic mass is 16.7. The van der Waals surface area contributed by atoms with E-state index in [1.807, 2.05) is 0 Å². The van der Waals surface area contributed by atoms with Crippen molar-refractivity contribution in [1.82, 2.24) is 4.90 Å². The maximum Gasteiger partial charge on any atom is 0.312 e. The summed E-state index contributed by atoms with van der Waals surface area (Å²) in [5.41, 5.74) is -1.15. The molecular formula is C46H62N4O12. The van der Waals surface area contributed by atoms with E-state index < -0.39 is 95.3 Å². The summed E-state index contributed by atoms with van der Waals surface area (Å²) in [7, 11) is 1.45. The van der Waals surface area contributed by atoms with E-state index in [9.17, 15) is 39.9 Å². The number of nitrogens with one attached hydrogen (secondary N) is 1. The molecule has 62 heavy (non-hydrogen) atoms. The third kappa shape index (κ3) is 8.59. The van der Waals surface area contributed by atoms with E-state index in [1.165, 1.54) is 52.4 Å². The zero-order chi connectivity index (χ0) is 45.6. The molecule has 2 aromatic rings. The van der Waals surface area contributed by atoms with Gasteiger partial charge in [0.25, 0.3) is 11.7 Å². The summed E-state index contributed by atoms with van der Waals surface area (Å²) < 4.78 is 23.9. The van der Waals surface area contributed by atoms with Crippen molar-refractivity contribution in [3.63, 3.8) is 0 Å². The molecule has 0 unspecified atom stereocenters. The molecule has 4 bridgehead atoms. The molecule has 0 aromatic heterocycles.